The van der Waals surface area contributed by atoms with Crippen LogP contribution < -0.4 is 4.57 Å². The van der Waals surface area contributed by atoms with Crippen molar-refractivity contribution in [3.63, 3.8) is 0 Å². The van der Waals surface area contributed by atoms with Crippen molar-refractivity contribution in [3.8, 4) is 0 Å². The number of imidazole rings is 1. The van der Waals surface area contributed by atoms with Gasteiger partial charge >= 0.3 is 0 Å². The molecule has 37 heavy (non-hydrogen) atoms. The monoisotopic (exact) mass is 511 g/mol. The van der Waals surface area contributed by atoms with Crippen LogP contribution in [0, 0.1) is 12.7 Å². The van der Waals surface area contributed by atoms with Crippen molar-refractivity contribution in [1.29, 1.82) is 0 Å². The number of benzene rings is 4. The Hall–Kier alpha value is -3.73. The van der Waals surface area contributed by atoms with Gasteiger partial charge in [0.15, 0.2) is 6.04 Å². The zero-order valence-electron chi connectivity index (χ0n) is 20.7. The van der Waals surface area contributed by atoms with Crippen LogP contribution >= 0.6 is 11.6 Å². The SMILES string of the molecule is Cc1ccccc1C(C[n+]1ccn(C(c2ccc(F)cc2)c2ccc(Cl)cc2)c1)OCc1ccccc1. The van der Waals surface area contributed by atoms with Crippen LogP contribution in [0.15, 0.2) is 122 Å². The zero-order valence-corrected chi connectivity index (χ0v) is 21.4. The maximum Gasteiger partial charge on any atom is 0.244 e. The van der Waals surface area contributed by atoms with E-state index in [2.05, 4.69) is 71.2 Å². The van der Waals surface area contributed by atoms with Crippen molar-refractivity contribution < 1.29 is 13.7 Å². The van der Waals surface area contributed by atoms with Crippen LogP contribution in [0.25, 0.3) is 0 Å². The van der Waals surface area contributed by atoms with Crippen molar-refractivity contribution in [3.05, 3.63) is 161 Å². The van der Waals surface area contributed by atoms with E-state index in [4.69, 9.17) is 16.3 Å². The number of ether oxygens (including phenoxy) is 1. The van der Waals surface area contributed by atoms with E-state index < -0.39 is 0 Å². The Balaban J connectivity index is 1.44. The van der Waals surface area contributed by atoms with Gasteiger partial charge in [-0.1, -0.05) is 90.5 Å². The summed E-state index contributed by atoms with van der Waals surface area (Å²) in [4.78, 5) is 0. The summed E-state index contributed by atoms with van der Waals surface area (Å²) in [7, 11) is 0. The fourth-order valence-corrected chi connectivity index (χ4v) is 4.78. The van der Waals surface area contributed by atoms with E-state index in [1.807, 2.05) is 54.6 Å². The summed E-state index contributed by atoms with van der Waals surface area (Å²) in [6, 6.07) is 32.9. The Labute approximate surface area is 222 Å². The molecule has 0 saturated heterocycles. The Morgan fingerprint density at radius 2 is 1.49 bits per heavy atom. The summed E-state index contributed by atoms with van der Waals surface area (Å²) in [6.45, 7) is 3.31. The molecule has 186 valence electrons. The normalized spacial score (nSPS) is 12.8. The quantitative estimate of drug-likeness (QED) is 0.188. The molecule has 0 amide bonds. The second kappa shape index (κ2) is 11.5. The van der Waals surface area contributed by atoms with Gasteiger partial charge in [0.1, 0.15) is 30.9 Å². The topological polar surface area (TPSA) is 18.0 Å². The maximum atomic E-state index is 13.7. The smallest absolute Gasteiger partial charge is 0.244 e. The standard InChI is InChI=1S/C32H29ClFN2O/c1-24-7-5-6-10-30(24)31(37-22-25-8-3-2-4-9-25)21-35-19-20-36(23-35)32(26-11-15-28(33)16-12-26)27-13-17-29(34)18-14-27/h2-20,23,31-32H,21-22H2,1H3/q+1. The molecule has 0 saturated carbocycles. The summed E-state index contributed by atoms with van der Waals surface area (Å²) < 4.78 is 24.5. The molecule has 0 aliphatic carbocycles. The predicted molar refractivity (Wildman–Crippen MR) is 145 cm³/mol. The predicted octanol–water partition coefficient (Wildman–Crippen LogP) is 7.47. The van der Waals surface area contributed by atoms with E-state index in [1.54, 1.807) is 0 Å². The van der Waals surface area contributed by atoms with Crippen LogP contribution in [-0.2, 0) is 17.9 Å². The molecule has 5 aromatic rings. The molecule has 1 heterocycles. The van der Waals surface area contributed by atoms with Crippen LogP contribution in [0.1, 0.15) is 40.0 Å². The minimum atomic E-state index is -0.252. The minimum Gasteiger partial charge on any atom is -0.365 e. The van der Waals surface area contributed by atoms with Crippen LogP contribution in [0.5, 0.6) is 0 Å². The van der Waals surface area contributed by atoms with Crippen molar-refractivity contribution in [1.82, 2.24) is 4.57 Å². The van der Waals surface area contributed by atoms with Crippen molar-refractivity contribution in [2.45, 2.75) is 32.2 Å². The molecule has 0 aliphatic rings. The van der Waals surface area contributed by atoms with E-state index >= 15 is 0 Å². The fourth-order valence-electron chi connectivity index (χ4n) is 4.65. The van der Waals surface area contributed by atoms with Crippen molar-refractivity contribution in [2.75, 3.05) is 0 Å². The molecule has 3 nitrogen and oxygen atoms in total. The number of hydrogen-bond acceptors (Lipinski definition) is 1. The van der Waals surface area contributed by atoms with Crippen LogP contribution in [-0.4, -0.2) is 4.57 Å². The highest BCUT2D eigenvalue weighted by atomic mass is 35.5. The molecular weight excluding hydrogens is 483 g/mol. The molecule has 0 radical (unpaired) electrons. The van der Waals surface area contributed by atoms with E-state index in [0.29, 0.717) is 18.2 Å². The van der Waals surface area contributed by atoms with Gasteiger partial charge in [0.25, 0.3) is 0 Å². The highest BCUT2D eigenvalue weighted by molar-refractivity contribution is 6.30. The Bertz CT molecular complexity index is 1390. The third-order valence-corrected chi connectivity index (χ3v) is 6.84. The Kier molecular flexibility index (Phi) is 7.79. The van der Waals surface area contributed by atoms with Gasteiger partial charge in [-0.2, -0.15) is 0 Å². The minimum absolute atomic E-state index is 0.123. The first kappa shape index (κ1) is 24.9. The van der Waals surface area contributed by atoms with E-state index in [9.17, 15) is 4.39 Å². The summed E-state index contributed by atoms with van der Waals surface area (Å²) in [5.41, 5.74) is 5.57. The highest BCUT2D eigenvalue weighted by Crippen LogP contribution is 2.28. The fraction of sp³-hybridized carbons (Fsp3) is 0.156. The van der Waals surface area contributed by atoms with Crippen LogP contribution in [0.3, 0.4) is 0 Å². The molecule has 0 bridgehead atoms. The molecule has 5 heteroatoms. The van der Waals surface area contributed by atoms with Gasteiger partial charge in [0, 0.05) is 16.1 Å². The van der Waals surface area contributed by atoms with Gasteiger partial charge in [0.05, 0.1) is 6.61 Å². The van der Waals surface area contributed by atoms with Crippen molar-refractivity contribution in [2.24, 2.45) is 0 Å². The summed E-state index contributed by atoms with van der Waals surface area (Å²) in [5, 5.41) is 0.681. The molecule has 4 aromatic carbocycles. The number of aromatic nitrogens is 2. The van der Waals surface area contributed by atoms with Crippen LogP contribution in [0.4, 0.5) is 4.39 Å². The second-order valence-electron chi connectivity index (χ2n) is 9.21. The molecule has 0 N–H and O–H groups in total. The third-order valence-electron chi connectivity index (χ3n) is 6.59. The summed E-state index contributed by atoms with van der Waals surface area (Å²) >= 11 is 6.16. The van der Waals surface area contributed by atoms with Gasteiger partial charge in [-0.15, -0.1) is 0 Å². The molecule has 1 aromatic heterocycles. The average Bonchev–Trinajstić information content (AvgIpc) is 3.38. The number of halogens is 2. The largest absolute Gasteiger partial charge is 0.365 e. The molecule has 0 aliphatic heterocycles. The van der Waals surface area contributed by atoms with E-state index in [-0.39, 0.29) is 18.0 Å². The maximum absolute atomic E-state index is 13.7. The first-order chi connectivity index (χ1) is 18.1. The summed E-state index contributed by atoms with van der Waals surface area (Å²) in [6.07, 6.45) is 6.07. The lowest BCUT2D eigenvalue weighted by molar-refractivity contribution is -0.705. The van der Waals surface area contributed by atoms with Gasteiger partial charge in [-0.05, 0) is 47.9 Å². The van der Waals surface area contributed by atoms with Crippen molar-refractivity contribution >= 4 is 11.6 Å². The molecule has 0 fully saturated rings. The molecule has 2 unspecified atom stereocenters. The molecule has 2 atom stereocenters. The first-order valence-corrected chi connectivity index (χ1v) is 12.7. The van der Waals surface area contributed by atoms with E-state index in [0.717, 1.165) is 16.7 Å². The summed E-state index contributed by atoms with van der Waals surface area (Å²) in [5.74, 6) is -0.252. The highest BCUT2D eigenvalue weighted by Gasteiger charge is 2.24. The lowest BCUT2D eigenvalue weighted by Crippen LogP contribution is -2.36. The lowest BCUT2D eigenvalue weighted by Gasteiger charge is -2.19. The third kappa shape index (κ3) is 6.16. The van der Waals surface area contributed by atoms with Gasteiger partial charge < -0.3 is 4.74 Å². The number of aryl methyl sites for hydroxylation is 1. The number of rotatable bonds is 9. The number of nitrogens with zero attached hydrogens (tertiary/aromatic N) is 2. The molecular formula is C32H29ClFN2O+. The number of hydrogen-bond donors (Lipinski definition) is 0. The van der Waals surface area contributed by atoms with Gasteiger partial charge in [-0.25, -0.2) is 13.5 Å². The molecule has 5 rings (SSSR count). The Morgan fingerprint density at radius 1 is 0.838 bits per heavy atom. The molecule has 0 spiro atoms. The van der Waals surface area contributed by atoms with Crippen LogP contribution in [0.2, 0.25) is 5.02 Å². The average molecular weight is 512 g/mol. The van der Waals surface area contributed by atoms with Gasteiger partial charge in [0.2, 0.25) is 6.33 Å². The second-order valence-corrected chi connectivity index (χ2v) is 9.64. The zero-order chi connectivity index (χ0) is 25.6. The van der Waals surface area contributed by atoms with Gasteiger partial charge in [-0.3, -0.25) is 0 Å². The van der Waals surface area contributed by atoms with E-state index in [1.165, 1.54) is 23.3 Å². The first-order valence-electron chi connectivity index (χ1n) is 12.4. The Morgan fingerprint density at radius 3 is 2.19 bits per heavy atom. The lowest BCUT2D eigenvalue weighted by atomic mass is 9.98.